The fourth-order valence-electron chi connectivity index (χ4n) is 1.90. The average Bonchev–Trinajstić information content (AvgIpc) is 2.51. The van der Waals surface area contributed by atoms with Crippen molar-refractivity contribution in [1.82, 2.24) is 0 Å². The Labute approximate surface area is 147 Å². The van der Waals surface area contributed by atoms with Crippen LogP contribution < -0.4 is 4.74 Å². The molecule has 0 aromatic heterocycles. The Kier molecular flexibility index (Phi) is 9.72. The number of carbonyl (C=O) groups is 2. The van der Waals surface area contributed by atoms with Crippen LogP contribution in [-0.2, 0) is 14.3 Å². The number of esters is 2. The number of unbranched alkanes of at least 4 members (excludes halogenated alkanes) is 3. The van der Waals surface area contributed by atoms with E-state index >= 15 is 0 Å². The Hall–Kier alpha value is -1.26. The minimum atomic E-state index is -0.454. The number of hydrogen-bond donors (Lipinski definition) is 0. The van der Waals surface area contributed by atoms with Gasteiger partial charge in [-0.3, -0.25) is 9.59 Å². The van der Waals surface area contributed by atoms with E-state index in [0.717, 1.165) is 25.7 Å². The maximum absolute atomic E-state index is 11.7. The van der Waals surface area contributed by atoms with Crippen molar-refractivity contribution in [3.63, 3.8) is 0 Å². The third-order valence-electron chi connectivity index (χ3n) is 3.16. The highest BCUT2D eigenvalue weighted by Crippen LogP contribution is 2.31. The van der Waals surface area contributed by atoms with Gasteiger partial charge in [-0.25, -0.2) is 0 Å². The maximum atomic E-state index is 11.7. The van der Waals surface area contributed by atoms with Gasteiger partial charge in [-0.1, -0.05) is 55.5 Å². The Morgan fingerprint density at radius 3 is 2.48 bits per heavy atom. The second kappa shape index (κ2) is 11.3. The summed E-state index contributed by atoms with van der Waals surface area (Å²) in [4.78, 5) is 23.2. The number of benzene rings is 1. The van der Waals surface area contributed by atoms with Crippen LogP contribution in [0.2, 0.25) is 10.0 Å². The van der Waals surface area contributed by atoms with Crippen molar-refractivity contribution >= 4 is 35.1 Å². The maximum Gasteiger partial charge on any atom is 0.311 e. The second-order valence-corrected chi connectivity index (χ2v) is 5.95. The van der Waals surface area contributed by atoms with Crippen molar-refractivity contribution in [2.24, 2.45) is 0 Å². The molecule has 0 saturated heterocycles. The predicted octanol–water partition coefficient (Wildman–Crippen LogP) is 5.19. The van der Waals surface area contributed by atoms with E-state index in [0.29, 0.717) is 18.1 Å². The number of rotatable bonds is 10. The molecule has 0 radical (unpaired) electrons. The van der Waals surface area contributed by atoms with Gasteiger partial charge in [0.05, 0.1) is 11.6 Å². The van der Waals surface area contributed by atoms with Gasteiger partial charge in [-0.05, 0) is 25.0 Å². The van der Waals surface area contributed by atoms with Crippen molar-refractivity contribution in [3.8, 4) is 5.75 Å². The Morgan fingerprint density at radius 2 is 1.74 bits per heavy atom. The fraction of sp³-hybridized carbons (Fsp3) is 0.529. The van der Waals surface area contributed by atoms with Crippen LogP contribution in [0.15, 0.2) is 18.2 Å². The van der Waals surface area contributed by atoms with E-state index in [-0.39, 0.29) is 29.6 Å². The van der Waals surface area contributed by atoms with Gasteiger partial charge < -0.3 is 9.47 Å². The monoisotopic (exact) mass is 360 g/mol. The zero-order valence-electron chi connectivity index (χ0n) is 13.3. The summed E-state index contributed by atoms with van der Waals surface area (Å²) in [6.07, 6.45) is 4.94. The summed E-state index contributed by atoms with van der Waals surface area (Å²) in [5, 5.41) is 0.526. The molecule has 0 aliphatic heterocycles. The SMILES string of the molecule is CCCCCCOC(=O)CCCC(=O)Oc1cccc(Cl)c1Cl. The number of carbonyl (C=O) groups excluding carboxylic acids is 2. The van der Waals surface area contributed by atoms with Crippen LogP contribution >= 0.6 is 23.2 Å². The molecule has 6 heteroatoms. The van der Waals surface area contributed by atoms with E-state index in [1.807, 2.05) is 0 Å². The molecule has 23 heavy (non-hydrogen) atoms. The van der Waals surface area contributed by atoms with Crippen LogP contribution in [0.3, 0.4) is 0 Å². The molecule has 1 rings (SSSR count). The molecular weight excluding hydrogens is 339 g/mol. The zero-order chi connectivity index (χ0) is 17.1. The first-order chi connectivity index (χ1) is 11.0. The van der Waals surface area contributed by atoms with Gasteiger partial charge in [0, 0.05) is 12.8 Å². The second-order valence-electron chi connectivity index (χ2n) is 5.16. The van der Waals surface area contributed by atoms with Crippen LogP contribution in [-0.4, -0.2) is 18.5 Å². The largest absolute Gasteiger partial charge is 0.466 e. The third-order valence-corrected chi connectivity index (χ3v) is 3.96. The Bertz CT molecular complexity index is 517. The predicted molar refractivity (Wildman–Crippen MR) is 91.0 cm³/mol. The van der Waals surface area contributed by atoms with E-state index in [2.05, 4.69) is 6.92 Å². The van der Waals surface area contributed by atoms with Gasteiger partial charge in [0.25, 0.3) is 0 Å². The number of hydrogen-bond acceptors (Lipinski definition) is 4. The standard InChI is InChI=1S/C17H22Cl2O4/c1-2-3-4-5-12-22-15(20)10-7-11-16(21)23-14-9-6-8-13(18)17(14)19/h6,8-9H,2-5,7,10-12H2,1H3. The van der Waals surface area contributed by atoms with E-state index in [4.69, 9.17) is 32.7 Å². The van der Waals surface area contributed by atoms with Crippen LogP contribution in [0.4, 0.5) is 0 Å². The van der Waals surface area contributed by atoms with Gasteiger partial charge in [0.2, 0.25) is 0 Å². The molecule has 0 bridgehead atoms. The van der Waals surface area contributed by atoms with Gasteiger partial charge in [0.1, 0.15) is 5.02 Å². The van der Waals surface area contributed by atoms with Crippen molar-refractivity contribution in [1.29, 1.82) is 0 Å². The smallest absolute Gasteiger partial charge is 0.311 e. The number of halogens is 2. The van der Waals surface area contributed by atoms with Crippen molar-refractivity contribution in [2.45, 2.75) is 51.9 Å². The normalized spacial score (nSPS) is 10.4. The molecule has 0 amide bonds. The zero-order valence-corrected chi connectivity index (χ0v) is 14.8. The van der Waals surface area contributed by atoms with Gasteiger partial charge in [0.15, 0.2) is 5.75 Å². The average molecular weight is 361 g/mol. The van der Waals surface area contributed by atoms with Crippen molar-refractivity contribution in [3.05, 3.63) is 28.2 Å². The molecule has 0 aliphatic carbocycles. The molecule has 0 saturated carbocycles. The van der Waals surface area contributed by atoms with Crippen LogP contribution in [0.25, 0.3) is 0 Å². The molecular formula is C17H22Cl2O4. The summed E-state index contributed by atoms with van der Waals surface area (Å²) < 4.78 is 10.2. The lowest BCUT2D eigenvalue weighted by molar-refractivity contribution is -0.144. The lowest BCUT2D eigenvalue weighted by Crippen LogP contribution is -2.10. The van der Waals surface area contributed by atoms with E-state index in [1.165, 1.54) is 0 Å². The van der Waals surface area contributed by atoms with E-state index < -0.39 is 5.97 Å². The molecule has 0 atom stereocenters. The molecule has 0 fully saturated rings. The first-order valence-electron chi connectivity index (χ1n) is 7.85. The highest BCUT2D eigenvalue weighted by Gasteiger charge is 2.11. The fourth-order valence-corrected chi connectivity index (χ4v) is 2.23. The number of ether oxygens (including phenoxy) is 2. The van der Waals surface area contributed by atoms with Gasteiger partial charge in [-0.2, -0.15) is 0 Å². The third kappa shape index (κ3) is 8.24. The Morgan fingerprint density at radius 1 is 1.00 bits per heavy atom. The van der Waals surface area contributed by atoms with Crippen molar-refractivity contribution in [2.75, 3.05) is 6.61 Å². The van der Waals surface area contributed by atoms with Crippen LogP contribution in [0.1, 0.15) is 51.9 Å². The minimum Gasteiger partial charge on any atom is -0.466 e. The first-order valence-corrected chi connectivity index (χ1v) is 8.60. The minimum absolute atomic E-state index is 0.119. The molecule has 4 nitrogen and oxygen atoms in total. The topological polar surface area (TPSA) is 52.6 Å². The molecule has 1 aromatic rings. The molecule has 0 heterocycles. The van der Waals surface area contributed by atoms with Crippen LogP contribution in [0.5, 0.6) is 5.75 Å². The molecule has 128 valence electrons. The first kappa shape index (κ1) is 19.8. The summed E-state index contributed by atoms with van der Waals surface area (Å²) in [7, 11) is 0. The molecule has 0 aliphatic rings. The molecule has 1 aromatic carbocycles. The quantitative estimate of drug-likeness (QED) is 0.327. The summed E-state index contributed by atoms with van der Waals surface area (Å²) >= 11 is 11.8. The van der Waals surface area contributed by atoms with Crippen LogP contribution in [0, 0.1) is 0 Å². The highest BCUT2D eigenvalue weighted by atomic mass is 35.5. The lowest BCUT2D eigenvalue weighted by atomic mass is 10.2. The summed E-state index contributed by atoms with van der Waals surface area (Å²) in [5.74, 6) is -0.511. The van der Waals surface area contributed by atoms with Gasteiger partial charge in [-0.15, -0.1) is 0 Å². The van der Waals surface area contributed by atoms with E-state index in [9.17, 15) is 9.59 Å². The highest BCUT2D eigenvalue weighted by molar-refractivity contribution is 6.43. The summed E-state index contributed by atoms with van der Waals surface area (Å²) in [6.45, 7) is 2.57. The van der Waals surface area contributed by atoms with E-state index in [1.54, 1.807) is 18.2 Å². The van der Waals surface area contributed by atoms with Gasteiger partial charge >= 0.3 is 11.9 Å². The van der Waals surface area contributed by atoms with Crippen molar-refractivity contribution < 1.29 is 19.1 Å². The molecule has 0 unspecified atom stereocenters. The molecule has 0 spiro atoms. The molecule has 0 N–H and O–H groups in total. The Balaban J connectivity index is 2.18. The summed E-state index contributed by atoms with van der Waals surface area (Å²) in [6, 6.07) is 4.82. The summed E-state index contributed by atoms with van der Waals surface area (Å²) in [5.41, 5.74) is 0. The lowest BCUT2D eigenvalue weighted by Gasteiger charge is -2.07.